The molecule has 0 spiro atoms. The van der Waals surface area contributed by atoms with Gasteiger partial charge in [0.2, 0.25) is 0 Å². The van der Waals surface area contributed by atoms with E-state index >= 15 is 0 Å². The summed E-state index contributed by atoms with van der Waals surface area (Å²) in [5, 5.41) is 23.4. The van der Waals surface area contributed by atoms with Gasteiger partial charge < -0.3 is 15.3 Å². The third kappa shape index (κ3) is 6.62. The summed E-state index contributed by atoms with van der Waals surface area (Å²) in [6.45, 7) is 3.19. The summed E-state index contributed by atoms with van der Waals surface area (Å²) in [6, 6.07) is 0. The smallest absolute Gasteiger partial charge is 0.143 e. The van der Waals surface area contributed by atoms with E-state index in [1.54, 1.807) is 6.20 Å². The first-order chi connectivity index (χ1) is 5.66. The predicted molar refractivity (Wildman–Crippen MR) is 40.5 cm³/mol. The largest absolute Gasteiger partial charge is 0.356 e. The Hall–Kier alpha value is -1.50. The van der Waals surface area contributed by atoms with Gasteiger partial charge in [-0.3, -0.25) is 0 Å². The molecule has 1 heterocycles. The highest BCUT2D eigenvalue weighted by atomic mass is 16.9. The Morgan fingerprint density at radius 3 is 2.50 bits per heavy atom. The lowest BCUT2D eigenvalue weighted by Crippen LogP contribution is -3.01. The highest BCUT2D eigenvalue weighted by molar-refractivity contribution is 4.67. The molecule has 0 saturated carbocycles. The Morgan fingerprint density at radius 2 is 2.17 bits per heavy atom. The summed E-state index contributed by atoms with van der Waals surface area (Å²) in [5.41, 5.74) is 0. The second kappa shape index (κ2) is 6.23. The third-order valence-corrected chi connectivity index (χ3v) is 1.03. The number of nitrogens with one attached hydrogen (secondary N) is 1. The van der Waals surface area contributed by atoms with Gasteiger partial charge in [0.1, 0.15) is 18.9 Å². The van der Waals surface area contributed by atoms with Crippen LogP contribution in [0.15, 0.2) is 22.7 Å². The molecule has 1 rings (SSSR count). The van der Waals surface area contributed by atoms with Gasteiger partial charge >= 0.3 is 0 Å². The van der Waals surface area contributed by atoms with Crippen LogP contribution in [0.25, 0.3) is 0 Å². The fourth-order valence-corrected chi connectivity index (χ4v) is 0.650. The zero-order valence-electron chi connectivity index (χ0n) is 6.64. The van der Waals surface area contributed by atoms with Crippen LogP contribution in [0.4, 0.5) is 0 Å². The van der Waals surface area contributed by atoms with E-state index in [9.17, 15) is 0 Å². The molecular formula is C5H10N4O3. The van der Waals surface area contributed by atoms with Crippen molar-refractivity contribution in [3.63, 3.8) is 0 Å². The number of nitrogens with zero attached hydrogens (tertiary/aromatic N) is 3. The standard InChI is InChI=1S/C5H9N3.NO3/c1-2-4-8-5-3-6-7-8;2-1(3)4/h3,5H,2,4H2,1H3;/q;-1/p+1. The van der Waals surface area contributed by atoms with Crippen molar-refractivity contribution in [3.8, 4) is 0 Å². The zero-order valence-corrected chi connectivity index (χ0v) is 6.64. The van der Waals surface area contributed by atoms with E-state index in [-0.39, 0.29) is 0 Å². The van der Waals surface area contributed by atoms with Gasteiger partial charge in [0.15, 0.2) is 0 Å². The summed E-state index contributed by atoms with van der Waals surface area (Å²) in [5.74, 6) is 0. The highest BCUT2D eigenvalue weighted by Gasteiger charge is 2.02. The Balaban J connectivity index is 0.000000261. The quantitative estimate of drug-likeness (QED) is 0.467. The normalized spacial score (nSPS) is 18.6. The van der Waals surface area contributed by atoms with Crippen molar-refractivity contribution in [1.29, 1.82) is 0 Å². The molecule has 68 valence electrons. The molecule has 12 heavy (non-hydrogen) atoms. The predicted octanol–water partition coefficient (Wildman–Crippen LogP) is -0.106. The van der Waals surface area contributed by atoms with Gasteiger partial charge in [0.25, 0.3) is 0 Å². The van der Waals surface area contributed by atoms with Gasteiger partial charge in [-0.25, -0.2) is 0 Å². The maximum atomic E-state index is 8.25. The second-order valence-electron chi connectivity index (χ2n) is 2.00. The van der Waals surface area contributed by atoms with Crippen molar-refractivity contribution in [1.82, 2.24) is 0 Å². The molecule has 0 aromatic rings. The minimum atomic E-state index is -1.75. The summed E-state index contributed by atoms with van der Waals surface area (Å²) >= 11 is 0. The average molecular weight is 174 g/mol. The Labute approximate surface area is 69.1 Å². The fourth-order valence-electron chi connectivity index (χ4n) is 0.650. The Kier molecular flexibility index (Phi) is 5.45. The molecule has 1 N–H and O–H groups in total. The van der Waals surface area contributed by atoms with Crippen LogP contribution in [0.3, 0.4) is 0 Å². The Morgan fingerprint density at radius 1 is 1.58 bits per heavy atom. The molecule has 0 saturated heterocycles. The van der Waals surface area contributed by atoms with Crippen LogP contribution >= 0.6 is 0 Å². The van der Waals surface area contributed by atoms with Crippen molar-refractivity contribution >= 4 is 0 Å². The number of hydrogen-bond acceptors (Lipinski definition) is 5. The summed E-state index contributed by atoms with van der Waals surface area (Å²) in [7, 11) is 0. The van der Waals surface area contributed by atoms with E-state index in [1.165, 1.54) is 0 Å². The van der Waals surface area contributed by atoms with Gasteiger partial charge in [-0.15, -0.1) is 5.11 Å². The first kappa shape index (κ1) is 10.5. The number of hydrogen-bond donors (Lipinski definition) is 1. The number of quaternary nitrogens is 1. The van der Waals surface area contributed by atoms with Gasteiger partial charge in [-0.05, 0) is 6.42 Å². The molecule has 0 bridgehead atoms. The molecular weight excluding hydrogens is 164 g/mol. The molecule has 1 atom stereocenters. The summed E-state index contributed by atoms with van der Waals surface area (Å²) in [4.78, 5) is 8.25. The highest BCUT2D eigenvalue weighted by Crippen LogP contribution is 1.77. The van der Waals surface area contributed by atoms with Crippen LogP contribution in [0.1, 0.15) is 13.3 Å². The maximum Gasteiger partial charge on any atom is 0.143 e. The minimum absolute atomic E-state index is 1.06. The van der Waals surface area contributed by atoms with E-state index in [0.29, 0.717) is 0 Å². The SMILES string of the molecule is CCC[NH+]1C=CN=N1.O=[N+]([O-])[O-]. The van der Waals surface area contributed by atoms with Crippen molar-refractivity contribution in [2.75, 3.05) is 6.54 Å². The molecule has 7 nitrogen and oxygen atoms in total. The van der Waals surface area contributed by atoms with Crippen molar-refractivity contribution in [2.24, 2.45) is 10.3 Å². The molecule has 0 amide bonds. The molecule has 1 unspecified atom stereocenters. The molecule has 7 heteroatoms. The van der Waals surface area contributed by atoms with E-state index in [4.69, 9.17) is 15.3 Å². The van der Waals surface area contributed by atoms with Gasteiger partial charge in [0.05, 0.1) is 5.09 Å². The molecule has 1 aliphatic heterocycles. The van der Waals surface area contributed by atoms with Crippen LogP contribution in [0.2, 0.25) is 0 Å². The van der Waals surface area contributed by atoms with Crippen molar-refractivity contribution in [2.45, 2.75) is 13.3 Å². The minimum Gasteiger partial charge on any atom is -0.356 e. The maximum absolute atomic E-state index is 8.25. The van der Waals surface area contributed by atoms with Crippen LogP contribution in [0, 0.1) is 15.3 Å². The first-order valence-electron chi connectivity index (χ1n) is 3.41. The monoisotopic (exact) mass is 174 g/mol. The number of rotatable bonds is 2. The van der Waals surface area contributed by atoms with Gasteiger partial charge in [0, 0.05) is 5.22 Å². The Bertz CT molecular complexity index is 175. The molecule has 0 aromatic heterocycles. The second-order valence-corrected chi connectivity index (χ2v) is 2.00. The van der Waals surface area contributed by atoms with Crippen molar-refractivity contribution < 1.29 is 10.1 Å². The zero-order chi connectivity index (χ0) is 9.40. The van der Waals surface area contributed by atoms with Crippen LogP contribution < -0.4 is 5.01 Å². The van der Waals surface area contributed by atoms with E-state index < -0.39 is 5.09 Å². The van der Waals surface area contributed by atoms with Crippen molar-refractivity contribution in [3.05, 3.63) is 27.7 Å². The lowest BCUT2D eigenvalue weighted by Gasteiger charge is -1.96. The molecule has 1 aliphatic rings. The molecule has 0 aromatic carbocycles. The topological polar surface area (TPSA) is 95.4 Å². The van der Waals surface area contributed by atoms with Gasteiger partial charge in [-0.1, -0.05) is 6.92 Å². The average Bonchev–Trinajstić information content (AvgIpc) is 2.39. The fraction of sp³-hybridized carbons (Fsp3) is 0.600. The molecule has 0 aliphatic carbocycles. The third-order valence-electron chi connectivity index (χ3n) is 1.03. The molecule has 0 radical (unpaired) electrons. The summed E-state index contributed by atoms with van der Waals surface area (Å²) in [6.07, 6.45) is 4.83. The van der Waals surface area contributed by atoms with E-state index in [1.807, 2.05) is 6.20 Å². The van der Waals surface area contributed by atoms with Crippen LogP contribution in [-0.4, -0.2) is 11.6 Å². The van der Waals surface area contributed by atoms with E-state index in [2.05, 4.69) is 17.3 Å². The molecule has 0 fully saturated rings. The lowest BCUT2D eigenvalue weighted by atomic mass is 10.5. The van der Waals surface area contributed by atoms with Gasteiger partial charge in [-0.2, -0.15) is 5.01 Å². The lowest BCUT2D eigenvalue weighted by molar-refractivity contribution is -0.855. The first-order valence-corrected chi connectivity index (χ1v) is 3.41. The summed E-state index contributed by atoms with van der Waals surface area (Å²) < 4.78 is 0. The van der Waals surface area contributed by atoms with Crippen LogP contribution in [0.5, 0.6) is 0 Å². The van der Waals surface area contributed by atoms with Crippen LogP contribution in [-0.2, 0) is 0 Å². The van der Waals surface area contributed by atoms with E-state index in [0.717, 1.165) is 18.0 Å².